The van der Waals surface area contributed by atoms with Crippen molar-refractivity contribution in [3.8, 4) is 0 Å². The van der Waals surface area contributed by atoms with E-state index in [0.29, 0.717) is 37.0 Å². The third-order valence-corrected chi connectivity index (χ3v) is 10.2. The van der Waals surface area contributed by atoms with Gasteiger partial charge in [0.05, 0.1) is 11.0 Å². The molecule has 0 bridgehead atoms. The fraction of sp³-hybridized carbons (Fsp3) is 0.600. The van der Waals surface area contributed by atoms with Crippen molar-refractivity contribution in [2.24, 2.45) is 11.3 Å². The van der Waals surface area contributed by atoms with Gasteiger partial charge >= 0.3 is 11.9 Å². The Morgan fingerprint density at radius 3 is 2.29 bits per heavy atom. The highest BCUT2D eigenvalue weighted by Crippen LogP contribution is 2.58. The zero-order valence-electron chi connectivity index (χ0n) is 30.1. The molecule has 0 radical (unpaired) electrons. The van der Waals surface area contributed by atoms with Gasteiger partial charge in [0, 0.05) is 30.6 Å². The Balaban J connectivity index is 1.54. The van der Waals surface area contributed by atoms with E-state index in [2.05, 4.69) is 13.0 Å². The monoisotopic (exact) mass is 662 g/mol. The van der Waals surface area contributed by atoms with Crippen molar-refractivity contribution < 1.29 is 38.5 Å². The summed E-state index contributed by atoms with van der Waals surface area (Å²) in [5.41, 5.74) is 2.17. The highest BCUT2D eigenvalue weighted by atomic mass is 16.5. The van der Waals surface area contributed by atoms with Crippen molar-refractivity contribution in [1.29, 1.82) is 0 Å². The van der Waals surface area contributed by atoms with Gasteiger partial charge in [0.25, 0.3) is 0 Å². The first-order valence-corrected chi connectivity index (χ1v) is 17.5. The Kier molecular flexibility index (Phi) is 11.5. The second kappa shape index (κ2) is 14.8. The number of carbonyl (C=O) groups is 4. The summed E-state index contributed by atoms with van der Waals surface area (Å²) in [5, 5.41) is 8.94. The zero-order valence-corrected chi connectivity index (χ0v) is 30.1. The number of hydrogen-bond acceptors (Lipinski definition) is 7. The predicted octanol–water partition coefficient (Wildman–Crippen LogP) is 8.58. The van der Waals surface area contributed by atoms with Gasteiger partial charge in [-0.3, -0.25) is 9.59 Å². The second-order valence-electron chi connectivity index (χ2n) is 15.3. The number of carboxylic acids is 1. The average Bonchev–Trinajstić information content (AvgIpc) is 3.38. The molecule has 0 amide bonds. The normalized spacial score (nSPS) is 27.2. The van der Waals surface area contributed by atoms with E-state index in [-0.39, 0.29) is 29.6 Å². The van der Waals surface area contributed by atoms with Gasteiger partial charge in [0.1, 0.15) is 17.6 Å². The minimum atomic E-state index is -1.000. The van der Waals surface area contributed by atoms with E-state index in [9.17, 15) is 19.2 Å². The van der Waals surface area contributed by atoms with Crippen molar-refractivity contribution in [3.63, 3.8) is 0 Å². The molecule has 4 aliphatic rings. The molecule has 262 valence electrons. The standard InChI is InChI=1S/C40H54O8/c1-25(12-9-14-27(3)22-33(42)43)13-10-16-29-17-19-40(32-24-31(41)38(5,6)47-32,35-36(29)48-39(7,8)37(35)45)18-11-15-26(2)20-30-21-28(4)23-34(44)46-30/h12,20,22-24,29-30H,9-11,13-19,21H2,1-8H3,(H,42,43)/b25-12+,26-20+,27-22+/t29-,30-,40+/m1/s1. The van der Waals surface area contributed by atoms with E-state index in [1.165, 1.54) is 17.7 Å². The van der Waals surface area contributed by atoms with Crippen molar-refractivity contribution in [3.05, 3.63) is 69.8 Å². The molecule has 4 rings (SSSR count). The summed E-state index contributed by atoms with van der Waals surface area (Å²) in [6.45, 7) is 15.1. The molecule has 1 N–H and O–H groups in total. The fourth-order valence-electron chi connectivity index (χ4n) is 7.50. The van der Waals surface area contributed by atoms with Gasteiger partial charge in [-0.2, -0.15) is 0 Å². The van der Waals surface area contributed by atoms with Crippen LogP contribution in [-0.2, 0) is 33.4 Å². The molecule has 1 aliphatic carbocycles. The van der Waals surface area contributed by atoms with Crippen molar-refractivity contribution in [1.82, 2.24) is 0 Å². The van der Waals surface area contributed by atoms with Crippen LogP contribution in [0.4, 0.5) is 0 Å². The van der Waals surface area contributed by atoms with E-state index in [4.69, 9.17) is 19.3 Å². The van der Waals surface area contributed by atoms with Crippen LogP contribution in [0.2, 0.25) is 0 Å². The molecule has 0 saturated carbocycles. The van der Waals surface area contributed by atoms with Gasteiger partial charge in [-0.1, -0.05) is 28.4 Å². The minimum absolute atomic E-state index is 0.0339. The molecule has 0 aromatic heterocycles. The SMILES string of the molecule is CC1=CC(=O)O[C@H](/C=C(\C)CCC[C@@]2(C3=CC(=O)C(C)(C)O3)CC[C@@H](CCC/C(C)=C/CC/C(C)=C/C(=O)O)C3=C2C(=O)C(C)(C)O3)C1. The van der Waals surface area contributed by atoms with Gasteiger partial charge in [-0.15, -0.1) is 0 Å². The number of esters is 1. The number of rotatable bonds is 14. The zero-order chi connectivity index (χ0) is 35.4. The van der Waals surface area contributed by atoms with Gasteiger partial charge < -0.3 is 19.3 Å². The molecule has 3 heterocycles. The Morgan fingerprint density at radius 2 is 1.65 bits per heavy atom. The summed E-state index contributed by atoms with van der Waals surface area (Å²) in [5.74, 6) is 0.0790. The predicted molar refractivity (Wildman–Crippen MR) is 185 cm³/mol. The summed E-state index contributed by atoms with van der Waals surface area (Å²) in [6, 6.07) is 0. The average molecular weight is 663 g/mol. The summed E-state index contributed by atoms with van der Waals surface area (Å²) >= 11 is 0. The molecular formula is C40H54O8. The number of allylic oxidation sites excluding steroid dienone is 6. The maximum absolute atomic E-state index is 14.2. The van der Waals surface area contributed by atoms with Crippen LogP contribution in [0.3, 0.4) is 0 Å². The van der Waals surface area contributed by atoms with Crippen LogP contribution >= 0.6 is 0 Å². The quantitative estimate of drug-likeness (QED) is 0.112. The Morgan fingerprint density at radius 1 is 0.938 bits per heavy atom. The second-order valence-corrected chi connectivity index (χ2v) is 15.3. The van der Waals surface area contributed by atoms with Crippen LogP contribution in [0.1, 0.15) is 126 Å². The molecule has 3 atom stereocenters. The first-order valence-electron chi connectivity index (χ1n) is 17.5. The maximum Gasteiger partial charge on any atom is 0.331 e. The molecule has 8 nitrogen and oxygen atoms in total. The number of cyclic esters (lactones) is 1. The molecule has 0 aromatic rings. The van der Waals surface area contributed by atoms with Gasteiger partial charge in [-0.05, 0) is 126 Å². The van der Waals surface area contributed by atoms with Gasteiger partial charge in [-0.25, -0.2) is 9.59 Å². The lowest BCUT2D eigenvalue weighted by atomic mass is 9.63. The smallest absolute Gasteiger partial charge is 0.331 e. The highest BCUT2D eigenvalue weighted by molar-refractivity contribution is 6.06. The summed E-state index contributed by atoms with van der Waals surface area (Å²) < 4.78 is 18.4. The number of Topliss-reactive ketones (excluding diaryl/α,β-unsaturated/α-hetero) is 1. The fourth-order valence-corrected chi connectivity index (χ4v) is 7.50. The molecule has 0 saturated heterocycles. The van der Waals surface area contributed by atoms with Gasteiger partial charge in [0.2, 0.25) is 11.6 Å². The van der Waals surface area contributed by atoms with Crippen LogP contribution in [-0.4, -0.2) is 45.9 Å². The summed E-state index contributed by atoms with van der Waals surface area (Å²) in [7, 11) is 0. The first kappa shape index (κ1) is 37.1. The van der Waals surface area contributed by atoms with E-state index in [1.54, 1.807) is 19.9 Å². The number of carbonyl (C=O) groups excluding carboxylic acids is 3. The number of ketones is 2. The molecule has 8 heteroatoms. The van der Waals surface area contributed by atoms with Crippen LogP contribution in [0.5, 0.6) is 0 Å². The van der Waals surface area contributed by atoms with Crippen LogP contribution in [0.15, 0.2) is 69.8 Å². The van der Waals surface area contributed by atoms with E-state index >= 15 is 0 Å². The minimum Gasteiger partial charge on any atom is -0.483 e. The van der Waals surface area contributed by atoms with E-state index < -0.39 is 22.6 Å². The van der Waals surface area contributed by atoms with E-state index in [0.717, 1.165) is 67.4 Å². The largest absolute Gasteiger partial charge is 0.483 e. The maximum atomic E-state index is 14.2. The van der Waals surface area contributed by atoms with Crippen LogP contribution in [0.25, 0.3) is 0 Å². The van der Waals surface area contributed by atoms with E-state index in [1.807, 2.05) is 40.7 Å². The number of hydrogen-bond donors (Lipinski definition) is 1. The molecule has 48 heavy (non-hydrogen) atoms. The van der Waals surface area contributed by atoms with Crippen molar-refractivity contribution in [2.45, 2.75) is 143 Å². The number of ether oxygens (including phenoxy) is 3. The Labute approximate surface area is 286 Å². The molecular weight excluding hydrogens is 608 g/mol. The molecule has 0 aromatic carbocycles. The molecule has 0 spiro atoms. The first-order chi connectivity index (χ1) is 22.4. The Hall–Kier alpha value is -3.68. The lowest BCUT2D eigenvalue weighted by Crippen LogP contribution is -2.39. The number of carboxylic acid groups (broad SMARTS) is 1. The van der Waals surface area contributed by atoms with Crippen molar-refractivity contribution in [2.75, 3.05) is 0 Å². The summed E-state index contributed by atoms with van der Waals surface area (Å²) in [6.07, 6.45) is 16.9. The van der Waals surface area contributed by atoms with Crippen molar-refractivity contribution >= 4 is 23.5 Å². The van der Waals surface area contributed by atoms with Gasteiger partial charge in [0.15, 0.2) is 11.2 Å². The lowest BCUT2D eigenvalue weighted by molar-refractivity contribution is -0.142. The topological polar surface area (TPSA) is 116 Å². The number of aliphatic carboxylic acids is 1. The molecule has 3 aliphatic heterocycles. The lowest BCUT2D eigenvalue weighted by Gasteiger charge is -2.41. The van der Waals surface area contributed by atoms with Crippen LogP contribution in [0, 0.1) is 11.3 Å². The highest BCUT2D eigenvalue weighted by Gasteiger charge is 2.58. The Bertz CT molecular complexity index is 1510. The van der Waals surface area contributed by atoms with Crippen LogP contribution < -0.4 is 0 Å². The third-order valence-electron chi connectivity index (χ3n) is 10.2. The molecule has 0 fully saturated rings. The third kappa shape index (κ3) is 8.66. The summed E-state index contributed by atoms with van der Waals surface area (Å²) in [4.78, 5) is 50.1. The molecule has 0 unspecified atom stereocenters.